The maximum absolute atomic E-state index is 9.83. The second kappa shape index (κ2) is 7.07. The molecule has 0 unspecified atom stereocenters. The molecule has 3 N–H and O–H groups in total. The van der Waals surface area contributed by atoms with Crippen LogP contribution >= 0.6 is 0 Å². The lowest BCUT2D eigenvalue weighted by Crippen LogP contribution is -2.27. The van der Waals surface area contributed by atoms with Crippen molar-refractivity contribution < 1.29 is 15.3 Å². The fourth-order valence-corrected chi connectivity index (χ4v) is 2.39. The number of hydrogen-bond donors (Lipinski definition) is 3. The van der Waals surface area contributed by atoms with Crippen molar-refractivity contribution in [3.8, 4) is 0 Å². The largest absolute Gasteiger partial charge is 0.392 e. The highest BCUT2D eigenvalue weighted by Gasteiger charge is 2.25. The Hall–Kier alpha value is -0.640. The van der Waals surface area contributed by atoms with Crippen LogP contribution in [0.3, 0.4) is 0 Å². The second-order valence-corrected chi connectivity index (χ2v) is 5.65. The van der Waals surface area contributed by atoms with Gasteiger partial charge in [0, 0.05) is 0 Å². The van der Waals surface area contributed by atoms with Gasteiger partial charge in [-0.1, -0.05) is 25.2 Å². The molecule has 0 saturated carbocycles. The predicted octanol–water partition coefficient (Wildman–Crippen LogP) is 2.03. The molecule has 0 amide bonds. The zero-order valence-corrected chi connectivity index (χ0v) is 11.5. The third-order valence-corrected chi connectivity index (χ3v) is 3.88. The molecule has 3 atom stereocenters. The maximum atomic E-state index is 9.83. The minimum absolute atomic E-state index is 0.0585. The Bertz CT molecular complexity index is 299. The lowest BCUT2D eigenvalue weighted by molar-refractivity contribution is 0.0833. The topological polar surface area (TPSA) is 60.7 Å². The Labute approximate surface area is 110 Å². The Morgan fingerprint density at radius 1 is 1.44 bits per heavy atom. The Morgan fingerprint density at radius 3 is 2.61 bits per heavy atom. The van der Waals surface area contributed by atoms with E-state index in [-0.39, 0.29) is 13.2 Å². The fourth-order valence-electron chi connectivity index (χ4n) is 2.39. The van der Waals surface area contributed by atoms with Crippen molar-refractivity contribution in [3.63, 3.8) is 0 Å². The standard InChI is InChI=1S/C15H26O3/c1-12(4-3-5-13(10-16)11-17)14-6-8-15(2,18)9-7-14/h5-6,8,12,14,16-18H,3-4,7,9-11H2,1-2H3/t12-,14+,15+/m1/s1. The molecule has 0 aliphatic heterocycles. The average Bonchev–Trinajstić information content (AvgIpc) is 2.34. The van der Waals surface area contributed by atoms with Crippen LogP contribution in [0.2, 0.25) is 0 Å². The molecular weight excluding hydrogens is 228 g/mol. The first-order valence-corrected chi connectivity index (χ1v) is 6.80. The summed E-state index contributed by atoms with van der Waals surface area (Å²) in [5, 5.41) is 27.7. The molecule has 1 aliphatic rings. The second-order valence-electron chi connectivity index (χ2n) is 5.65. The van der Waals surface area contributed by atoms with Gasteiger partial charge < -0.3 is 15.3 Å². The van der Waals surface area contributed by atoms with Crippen molar-refractivity contribution in [2.45, 2.75) is 45.1 Å². The molecule has 3 nitrogen and oxygen atoms in total. The third-order valence-electron chi connectivity index (χ3n) is 3.88. The molecule has 18 heavy (non-hydrogen) atoms. The van der Waals surface area contributed by atoms with Gasteiger partial charge in [0.15, 0.2) is 0 Å². The van der Waals surface area contributed by atoms with Gasteiger partial charge in [-0.2, -0.15) is 0 Å². The number of aliphatic hydroxyl groups is 3. The van der Waals surface area contributed by atoms with Crippen LogP contribution in [0.25, 0.3) is 0 Å². The van der Waals surface area contributed by atoms with Crippen molar-refractivity contribution in [1.29, 1.82) is 0 Å². The monoisotopic (exact) mass is 254 g/mol. The van der Waals surface area contributed by atoms with E-state index < -0.39 is 5.60 Å². The van der Waals surface area contributed by atoms with Crippen LogP contribution in [0.1, 0.15) is 39.5 Å². The molecule has 104 valence electrons. The molecule has 3 heteroatoms. The van der Waals surface area contributed by atoms with Gasteiger partial charge in [0.05, 0.1) is 18.8 Å². The van der Waals surface area contributed by atoms with Crippen LogP contribution in [0, 0.1) is 11.8 Å². The first kappa shape index (κ1) is 15.4. The van der Waals surface area contributed by atoms with Gasteiger partial charge in [0.1, 0.15) is 0 Å². The summed E-state index contributed by atoms with van der Waals surface area (Å²) in [5.41, 5.74) is 0.0705. The molecule has 0 heterocycles. The molecule has 1 aliphatic carbocycles. The van der Waals surface area contributed by atoms with Crippen LogP contribution in [-0.2, 0) is 0 Å². The van der Waals surface area contributed by atoms with Crippen LogP contribution in [0.15, 0.2) is 23.8 Å². The van der Waals surface area contributed by atoms with E-state index in [1.807, 2.05) is 19.1 Å². The Morgan fingerprint density at radius 2 is 2.11 bits per heavy atom. The summed E-state index contributed by atoms with van der Waals surface area (Å²) in [7, 11) is 0. The highest BCUT2D eigenvalue weighted by Crippen LogP contribution is 2.31. The van der Waals surface area contributed by atoms with Crippen molar-refractivity contribution in [1.82, 2.24) is 0 Å². The van der Waals surface area contributed by atoms with Gasteiger partial charge in [-0.25, -0.2) is 0 Å². The molecule has 0 radical (unpaired) electrons. The molecule has 0 spiro atoms. The van der Waals surface area contributed by atoms with E-state index in [1.165, 1.54) is 0 Å². The maximum Gasteiger partial charge on any atom is 0.0800 e. The Kier molecular flexibility index (Phi) is 6.06. The molecule has 0 aromatic heterocycles. The van der Waals surface area contributed by atoms with E-state index in [0.717, 1.165) is 25.7 Å². The molecule has 0 saturated heterocycles. The van der Waals surface area contributed by atoms with Gasteiger partial charge in [0.2, 0.25) is 0 Å². The van der Waals surface area contributed by atoms with Crippen LogP contribution in [0.5, 0.6) is 0 Å². The number of allylic oxidation sites excluding steroid dienone is 2. The van der Waals surface area contributed by atoms with Crippen LogP contribution < -0.4 is 0 Å². The summed E-state index contributed by atoms with van der Waals surface area (Å²) in [6, 6.07) is 0. The summed E-state index contributed by atoms with van der Waals surface area (Å²) in [6.07, 6.45) is 9.77. The highest BCUT2D eigenvalue weighted by molar-refractivity contribution is 5.07. The number of aliphatic hydroxyl groups excluding tert-OH is 2. The Balaban J connectivity index is 2.38. The first-order chi connectivity index (χ1) is 8.48. The van der Waals surface area contributed by atoms with Crippen molar-refractivity contribution in [3.05, 3.63) is 23.8 Å². The van der Waals surface area contributed by atoms with Gasteiger partial charge in [0.25, 0.3) is 0 Å². The van der Waals surface area contributed by atoms with E-state index in [9.17, 15) is 5.11 Å². The summed E-state index contributed by atoms with van der Waals surface area (Å²) >= 11 is 0. The highest BCUT2D eigenvalue weighted by atomic mass is 16.3. The zero-order valence-electron chi connectivity index (χ0n) is 11.5. The van der Waals surface area contributed by atoms with E-state index in [0.29, 0.717) is 17.4 Å². The fraction of sp³-hybridized carbons (Fsp3) is 0.733. The van der Waals surface area contributed by atoms with Gasteiger partial charge in [-0.3, -0.25) is 0 Å². The lowest BCUT2D eigenvalue weighted by atomic mass is 9.79. The summed E-state index contributed by atoms with van der Waals surface area (Å²) in [4.78, 5) is 0. The zero-order chi connectivity index (χ0) is 13.6. The molecule has 0 fully saturated rings. The average molecular weight is 254 g/mol. The molecule has 1 rings (SSSR count). The van der Waals surface area contributed by atoms with Gasteiger partial charge in [-0.15, -0.1) is 0 Å². The van der Waals surface area contributed by atoms with Crippen molar-refractivity contribution >= 4 is 0 Å². The smallest absolute Gasteiger partial charge is 0.0800 e. The summed E-state index contributed by atoms with van der Waals surface area (Å²) < 4.78 is 0. The first-order valence-electron chi connectivity index (χ1n) is 6.80. The number of rotatable bonds is 6. The van der Waals surface area contributed by atoms with Crippen molar-refractivity contribution in [2.24, 2.45) is 11.8 Å². The van der Waals surface area contributed by atoms with E-state index in [4.69, 9.17) is 10.2 Å². The molecule has 0 bridgehead atoms. The molecule has 0 aromatic carbocycles. The van der Waals surface area contributed by atoms with E-state index in [1.54, 1.807) is 0 Å². The van der Waals surface area contributed by atoms with Crippen molar-refractivity contribution in [2.75, 3.05) is 13.2 Å². The van der Waals surface area contributed by atoms with Crippen LogP contribution in [0.4, 0.5) is 0 Å². The SMILES string of the molecule is C[C@H](CCC=C(CO)CO)[C@H]1C=C[C@](C)(O)CC1. The predicted molar refractivity (Wildman–Crippen MR) is 73.1 cm³/mol. The van der Waals surface area contributed by atoms with E-state index >= 15 is 0 Å². The summed E-state index contributed by atoms with van der Waals surface area (Å²) in [6.45, 7) is 3.95. The quantitative estimate of drug-likeness (QED) is 0.636. The lowest BCUT2D eigenvalue weighted by Gasteiger charge is -2.30. The molecule has 0 aromatic rings. The van der Waals surface area contributed by atoms with Gasteiger partial charge >= 0.3 is 0 Å². The number of hydrogen-bond acceptors (Lipinski definition) is 3. The van der Waals surface area contributed by atoms with Crippen LogP contribution in [-0.4, -0.2) is 34.1 Å². The van der Waals surface area contributed by atoms with Gasteiger partial charge in [-0.05, 0) is 50.0 Å². The third kappa shape index (κ3) is 4.92. The summed E-state index contributed by atoms with van der Waals surface area (Å²) in [5.74, 6) is 1.09. The molecular formula is C15H26O3. The minimum Gasteiger partial charge on any atom is -0.392 e. The minimum atomic E-state index is -0.628. The van der Waals surface area contributed by atoms with E-state index in [2.05, 4.69) is 13.0 Å². The normalized spacial score (nSPS) is 29.1.